The smallest absolute Gasteiger partial charge is 0.351 e. The van der Waals surface area contributed by atoms with Gasteiger partial charge in [-0.3, -0.25) is 14.5 Å². The van der Waals surface area contributed by atoms with Crippen molar-refractivity contribution in [3.63, 3.8) is 0 Å². The molecule has 9 nitrogen and oxygen atoms in total. The third-order valence-corrected chi connectivity index (χ3v) is 4.43. The van der Waals surface area contributed by atoms with Crippen LogP contribution in [0.25, 0.3) is 0 Å². The molecule has 2 rings (SSSR count). The van der Waals surface area contributed by atoms with E-state index in [1.165, 1.54) is 11.8 Å². The van der Waals surface area contributed by atoms with Crippen LogP contribution in [0.3, 0.4) is 0 Å². The zero-order chi connectivity index (χ0) is 22.9. The van der Waals surface area contributed by atoms with Gasteiger partial charge in [-0.05, 0) is 53.7 Å². The van der Waals surface area contributed by atoms with Gasteiger partial charge in [0.15, 0.2) is 5.60 Å². The van der Waals surface area contributed by atoms with Crippen molar-refractivity contribution in [1.29, 1.82) is 0 Å². The fraction of sp³-hybridized carbons (Fsp3) is 0.619. The maximum atomic E-state index is 13.4. The summed E-state index contributed by atoms with van der Waals surface area (Å²) in [5, 5.41) is 10.2. The number of rotatable bonds is 5. The number of nitrogens with zero attached hydrogens (tertiary/aromatic N) is 2. The quantitative estimate of drug-likeness (QED) is 0.713. The van der Waals surface area contributed by atoms with Crippen molar-refractivity contribution in [2.75, 3.05) is 18.1 Å². The summed E-state index contributed by atoms with van der Waals surface area (Å²) in [6.45, 7) is 11.0. The molecule has 0 bridgehead atoms. The number of aliphatic hydroxyl groups is 1. The molecule has 2 heterocycles. The monoisotopic (exact) mass is 422 g/mol. The van der Waals surface area contributed by atoms with E-state index in [2.05, 4.69) is 4.98 Å². The number of morpholine rings is 1. The van der Waals surface area contributed by atoms with E-state index in [4.69, 9.17) is 14.2 Å². The maximum absolute atomic E-state index is 13.4. The van der Waals surface area contributed by atoms with E-state index in [0.717, 1.165) is 6.92 Å². The molecule has 1 N–H and O–H groups in total. The van der Waals surface area contributed by atoms with Crippen molar-refractivity contribution < 1.29 is 33.7 Å². The zero-order valence-corrected chi connectivity index (χ0v) is 18.5. The number of pyridine rings is 1. The lowest BCUT2D eigenvalue weighted by atomic mass is 9.94. The van der Waals surface area contributed by atoms with Crippen LogP contribution in [0.5, 0.6) is 0 Å². The number of hydrogen-bond donors (Lipinski definition) is 1. The molecule has 2 atom stereocenters. The summed E-state index contributed by atoms with van der Waals surface area (Å²) < 4.78 is 16.2. The summed E-state index contributed by atoms with van der Waals surface area (Å²) in [7, 11) is 0. The topological polar surface area (TPSA) is 115 Å². The molecule has 9 heteroatoms. The number of hydrogen-bond acceptors (Lipinski definition) is 8. The zero-order valence-electron chi connectivity index (χ0n) is 18.5. The molecule has 0 saturated carbocycles. The second-order valence-corrected chi connectivity index (χ2v) is 8.88. The molecule has 1 aromatic rings. The number of anilines is 1. The molecule has 1 amide bonds. The van der Waals surface area contributed by atoms with E-state index in [0.29, 0.717) is 11.5 Å². The second-order valence-electron chi connectivity index (χ2n) is 8.88. The van der Waals surface area contributed by atoms with Gasteiger partial charge in [-0.15, -0.1) is 0 Å². The van der Waals surface area contributed by atoms with Gasteiger partial charge in [-0.2, -0.15) is 0 Å². The summed E-state index contributed by atoms with van der Waals surface area (Å²) in [5.74, 6) is -1.94. The van der Waals surface area contributed by atoms with Crippen LogP contribution in [0.15, 0.2) is 18.2 Å². The third-order valence-electron chi connectivity index (χ3n) is 4.43. The number of aromatic nitrogens is 1. The van der Waals surface area contributed by atoms with Gasteiger partial charge in [0.25, 0.3) is 5.91 Å². The minimum Gasteiger partial charge on any atom is -0.457 e. The first-order chi connectivity index (χ1) is 13.6. The Bertz CT molecular complexity index is 825. The van der Waals surface area contributed by atoms with E-state index in [1.54, 1.807) is 52.8 Å². The molecule has 1 fully saturated rings. The van der Waals surface area contributed by atoms with Gasteiger partial charge in [0, 0.05) is 6.92 Å². The minimum absolute atomic E-state index is 0.0806. The second kappa shape index (κ2) is 8.31. The first-order valence-electron chi connectivity index (χ1n) is 9.71. The normalized spacial score (nSPS) is 21.2. The Balaban J connectivity index is 2.42. The predicted molar refractivity (Wildman–Crippen MR) is 108 cm³/mol. The first kappa shape index (κ1) is 23.8. The van der Waals surface area contributed by atoms with E-state index < -0.39 is 40.8 Å². The van der Waals surface area contributed by atoms with Crippen LogP contribution in [0.1, 0.15) is 54.2 Å². The molecule has 166 valence electrons. The summed E-state index contributed by atoms with van der Waals surface area (Å²) >= 11 is 0. The Labute approximate surface area is 176 Å². The van der Waals surface area contributed by atoms with Crippen molar-refractivity contribution in [3.05, 3.63) is 23.9 Å². The number of carbonyl (C=O) groups excluding carboxylic acids is 3. The number of esters is 2. The standard InChI is InChI=1S/C21H30N2O7/c1-13(24)29-16(17(25)30-19(2,3)4)21(7)18(26)23(11-12-28-21)15-10-8-9-14(22-15)20(5,6)27/h8-10,16,27H,11-12H2,1-7H3/t16-,21+/m0/s1. The summed E-state index contributed by atoms with van der Waals surface area (Å²) in [6.07, 6.45) is -1.60. The van der Waals surface area contributed by atoms with E-state index in [-0.39, 0.29) is 13.2 Å². The molecule has 0 radical (unpaired) electrons. The van der Waals surface area contributed by atoms with Gasteiger partial charge in [0.2, 0.25) is 6.10 Å². The fourth-order valence-corrected chi connectivity index (χ4v) is 3.01. The highest BCUT2D eigenvalue weighted by Gasteiger charge is 2.54. The van der Waals surface area contributed by atoms with Crippen molar-refractivity contribution in [2.45, 2.75) is 71.4 Å². The molecule has 0 unspecified atom stereocenters. The Morgan fingerprint density at radius 3 is 2.43 bits per heavy atom. The van der Waals surface area contributed by atoms with Crippen molar-refractivity contribution in [3.8, 4) is 0 Å². The summed E-state index contributed by atoms with van der Waals surface area (Å²) in [5.41, 5.74) is -3.49. The van der Waals surface area contributed by atoms with E-state index in [1.807, 2.05) is 0 Å². The molecular formula is C21H30N2O7. The van der Waals surface area contributed by atoms with Crippen molar-refractivity contribution in [2.24, 2.45) is 0 Å². The van der Waals surface area contributed by atoms with Crippen LogP contribution in [0, 0.1) is 0 Å². The lowest BCUT2D eigenvalue weighted by molar-refractivity contribution is -0.201. The average Bonchev–Trinajstić information content (AvgIpc) is 2.60. The Hall–Kier alpha value is -2.52. The molecule has 0 aromatic carbocycles. The van der Waals surface area contributed by atoms with Crippen LogP contribution in [0.4, 0.5) is 5.82 Å². The van der Waals surface area contributed by atoms with Crippen LogP contribution in [-0.4, -0.2) is 58.4 Å². The highest BCUT2D eigenvalue weighted by molar-refractivity contribution is 6.03. The average molecular weight is 422 g/mol. The number of carbonyl (C=O) groups is 3. The summed E-state index contributed by atoms with van der Waals surface area (Å²) in [4.78, 5) is 43.6. The fourth-order valence-electron chi connectivity index (χ4n) is 3.01. The van der Waals surface area contributed by atoms with Gasteiger partial charge in [0.1, 0.15) is 17.0 Å². The third kappa shape index (κ3) is 5.34. The molecule has 0 aliphatic carbocycles. The first-order valence-corrected chi connectivity index (χ1v) is 9.71. The predicted octanol–water partition coefficient (Wildman–Crippen LogP) is 1.70. The molecule has 30 heavy (non-hydrogen) atoms. The SMILES string of the molecule is CC(=O)O[C@@H](C(=O)OC(C)(C)C)[C@@]1(C)OCCN(c2cccc(C(C)(C)O)n2)C1=O. The van der Waals surface area contributed by atoms with Gasteiger partial charge in [0.05, 0.1) is 18.8 Å². The van der Waals surface area contributed by atoms with Crippen molar-refractivity contribution in [1.82, 2.24) is 4.98 Å². The molecule has 1 aliphatic rings. The van der Waals surface area contributed by atoms with Crippen LogP contribution >= 0.6 is 0 Å². The lowest BCUT2D eigenvalue weighted by Gasteiger charge is -2.42. The van der Waals surface area contributed by atoms with Crippen LogP contribution in [-0.2, 0) is 34.2 Å². The summed E-state index contributed by atoms with van der Waals surface area (Å²) in [6, 6.07) is 4.94. The van der Waals surface area contributed by atoms with Crippen molar-refractivity contribution >= 4 is 23.7 Å². The molecule has 1 aromatic heterocycles. The van der Waals surface area contributed by atoms with Gasteiger partial charge in [-0.25, -0.2) is 9.78 Å². The van der Waals surface area contributed by atoms with E-state index in [9.17, 15) is 19.5 Å². The number of amides is 1. The number of ether oxygens (including phenoxy) is 3. The molecule has 0 spiro atoms. The van der Waals surface area contributed by atoms with Gasteiger partial charge >= 0.3 is 11.9 Å². The Kier molecular flexibility index (Phi) is 6.58. The Morgan fingerprint density at radius 2 is 1.90 bits per heavy atom. The molecular weight excluding hydrogens is 392 g/mol. The lowest BCUT2D eigenvalue weighted by Crippen LogP contribution is -2.64. The maximum Gasteiger partial charge on any atom is 0.351 e. The van der Waals surface area contributed by atoms with Crippen LogP contribution in [0.2, 0.25) is 0 Å². The van der Waals surface area contributed by atoms with Gasteiger partial charge in [-0.1, -0.05) is 6.07 Å². The van der Waals surface area contributed by atoms with E-state index >= 15 is 0 Å². The molecule has 1 saturated heterocycles. The highest BCUT2D eigenvalue weighted by atomic mass is 16.6. The highest BCUT2D eigenvalue weighted by Crippen LogP contribution is 2.31. The molecule has 1 aliphatic heterocycles. The minimum atomic E-state index is -1.81. The van der Waals surface area contributed by atoms with Gasteiger partial charge < -0.3 is 19.3 Å². The largest absolute Gasteiger partial charge is 0.457 e. The van der Waals surface area contributed by atoms with Crippen LogP contribution < -0.4 is 4.90 Å². The Morgan fingerprint density at radius 1 is 1.27 bits per heavy atom.